The van der Waals surface area contributed by atoms with Gasteiger partial charge in [0.1, 0.15) is 11.3 Å². The maximum atomic E-state index is 11.8. The monoisotopic (exact) mass is 300 g/mol. The van der Waals surface area contributed by atoms with Gasteiger partial charge in [-0.1, -0.05) is 18.2 Å². The molecule has 1 aliphatic rings. The molecule has 0 unspecified atom stereocenters. The van der Waals surface area contributed by atoms with Crippen LogP contribution >= 0.6 is 0 Å². The molecule has 0 radical (unpaired) electrons. The second kappa shape index (κ2) is 6.64. The third kappa shape index (κ3) is 3.47. The highest BCUT2D eigenvalue weighted by molar-refractivity contribution is 5.79. The zero-order valence-corrected chi connectivity index (χ0v) is 12.5. The fraction of sp³-hybridized carbons (Fsp3) is 0.412. The summed E-state index contributed by atoms with van der Waals surface area (Å²) in [5, 5.41) is 3.90. The van der Waals surface area contributed by atoms with Crippen molar-refractivity contribution in [3.8, 4) is 0 Å². The molecule has 1 N–H and O–H groups in total. The smallest absolute Gasteiger partial charge is 0.222 e. The van der Waals surface area contributed by atoms with E-state index >= 15 is 0 Å². The first kappa shape index (κ1) is 14.6. The lowest BCUT2D eigenvalue weighted by molar-refractivity contribution is -0.128. The van der Waals surface area contributed by atoms with Crippen LogP contribution in [0.1, 0.15) is 31.4 Å². The van der Waals surface area contributed by atoms with Gasteiger partial charge in [0, 0.05) is 31.3 Å². The fourth-order valence-electron chi connectivity index (χ4n) is 2.77. The minimum atomic E-state index is -0.00731. The average molecular weight is 300 g/mol. The Bertz CT molecular complexity index is 644. The third-order valence-electron chi connectivity index (χ3n) is 3.94. The van der Waals surface area contributed by atoms with E-state index in [9.17, 15) is 9.59 Å². The van der Waals surface area contributed by atoms with Gasteiger partial charge in [0.05, 0.1) is 6.54 Å². The van der Waals surface area contributed by atoms with Crippen LogP contribution in [0.15, 0.2) is 34.7 Å². The van der Waals surface area contributed by atoms with Crippen LogP contribution in [0.5, 0.6) is 0 Å². The van der Waals surface area contributed by atoms with Crippen molar-refractivity contribution in [1.29, 1.82) is 0 Å². The van der Waals surface area contributed by atoms with Crippen LogP contribution in [0.25, 0.3) is 11.0 Å². The van der Waals surface area contributed by atoms with E-state index in [0.717, 1.165) is 29.7 Å². The van der Waals surface area contributed by atoms with Gasteiger partial charge in [-0.2, -0.15) is 0 Å². The summed E-state index contributed by atoms with van der Waals surface area (Å²) in [6.45, 7) is 1.91. The first-order valence-corrected chi connectivity index (χ1v) is 7.74. The highest BCUT2D eigenvalue weighted by Gasteiger charge is 2.19. The lowest BCUT2D eigenvalue weighted by atomic mass is 10.2. The van der Waals surface area contributed by atoms with Gasteiger partial charge in [-0.25, -0.2) is 0 Å². The molecule has 1 fully saturated rings. The molecule has 0 aliphatic carbocycles. The normalized spacial score (nSPS) is 14.7. The standard InChI is InChI=1S/C17H20N2O3/c20-16(7-3-9-19-10-4-8-17(19)21)18-12-14-11-13-5-1-2-6-15(13)22-14/h1-2,5-6,11H,3-4,7-10,12H2,(H,18,20). The number of amides is 2. The molecule has 0 atom stereocenters. The fourth-order valence-corrected chi connectivity index (χ4v) is 2.77. The maximum absolute atomic E-state index is 11.8. The van der Waals surface area contributed by atoms with Crippen LogP contribution < -0.4 is 5.32 Å². The highest BCUT2D eigenvalue weighted by atomic mass is 16.3. The van der Waals surface area contributed by atoms with E-state index in [0.29, 0.717) is 32.4 Å². The van der Waals surface area contributed by atoms with Crippen molar-refractivity contribution in [2.45, 2.75) is 32.2 Å². The molecule has 22 heavy (non-hydrogen) atoms. The number of nitrogens with zero attached hydrogens (tertiary/aromatic N) is 1. The Hall–Kier alpha value is -2.30. The van der Waals surface area contributed by atoms with E-state index in [2.05, 4.69) is 5.32 Å². The van der Waals surface area contributed by atoms with Crippen LogP contribution in [0.3, 0.4) is 0 Å². The SMILES string of the molecule is O=C(CCCN1CCCC1=O)NCc1cc2ccccc2o1. The van der Waals surface area contributed by atoms with Gasteiger partial charge in [0.25, 0.3) is 0 Å². The van der Waals surface area contributed by atoms with E-state index < -0.39 is 0 Å². The maximum Gasteiger partial charge on any atom is 0.222 e. The number of furan rings is 1. The second-order valence-corrected chi connectivity index (χ2v) is 5.62. The van der Waals surface area contributed by atoms with E-state index in [1.807, 2.05) is 35.2 Å². The van der Waals surface area contributed by atoms with Crippen LogP contribution in [0.2, 0.25) is 0 Å². The first-order chi connectivity index (χ1) is 10.7. The minimum Gasteiger partial charge on any atom is -0.459 e. The summed E-state index contributed by atoms with van der Waals surface area (Å²) in [5.74, 6) is 0.957. The van der Waals surface area contributed by atoms with Crippen molar-refractivity contribution in [1.82, 2.24) is 10.2 Å². The van der Waals surface area contributed by atoms with Gasteiger partial charge in [-0.05, 0) is 25.0 Å². The molecular formula is C17H20N2O3. The molecule has 5 heteroatoms. The molecule has 0 spiro atoms. The zero-order chi connectivity index (χ0) is 15.4. The lowest BCUT2D eigenvalue weighted by Gasteiger charge is -2.14. The number of benzene rings is 1. The van der Waals surface area contributed by atoms with Gasteiger partial charge < -0.3 is 14.6 Å². The number of nitrogens with one attached hydrogen (secondary N) is 1. The third-order valence-corrected chi connectivity index (χ3v) is 3.94. The summed E-state index contributed by atoms with van der Waals surface area (Å²) in [6.07, 6.45) is 2.73. The molecule has 1 aromatic carbocycles. The number of hydrogen-bond donors (Lipinski definition) is 1. The van der Waals surface area contributed by atoms with Gasteiger partial charge in [0.15, 0.2) is 0 Å². The average Bonchev–Trinajstić information content (AvgIpc) is 3.11. The Morgan fingerprint density at radius 2 is 2.18 bits per heavy atom. The zero-order valence-electron chi connectivity index (χ0n) is 12.5. The van der Waals surface area contributed by atoms with Crippen molar-refractivity contribution in [3.05, 3.63) is 36.1 Å². The van der Waals surface area contributed by atoms with Crippen LogP contribution in [0.4, 0.5) is 0 Å². The van der Waals surface area contributed by atoms with Crippen LogP contribution in [0, 0.1) is 0 Å². The van der Waals surface area contributed by atoms with E-state index in [-0.39, 0.29) is 11.8 Å². The Morgan fingerprint density at radius 1 is 1.32 bits per heavy atom. The van der Waals surface area contributed by atoms with E-state index in [4.69, 9.17) is 4.42 Å². The second-order valence-electron chi connectivity index (χ2n) is 5.62. The molecule has 1 aliphatic heterocycles. The summed E-state index contributed by atoms with van der Waals surface area (Å²) >= 11 is 0. The quantitative estimate of drug-likeness (QED) is 0.891. The van der Waals surface area contributed by atoms with Gasteiger partial charge >= 0.3 is 0 Å². The topological polar surface area (TPSA) is 62.6 Å². The van der Waals surface area contributed by atoms with Crippen molar-refractivity contribution >= 4 is 22.8 Å². The Balaban J connectivity index is 1.41. The predicted octanol–water partition coefficient (Wildman–Crippen LogP) is 2.45. The molecule has 116 valence electrons. The summed E-state index contributed by atoms with van der Waals surface area (Å²) in [4.78, 5) is 25.1. The molecule has 0 saturated carbocycles. The lowest BCUT2D eigenvalue weighted by Crippen LogP contribution is -2.28. The molecule has 0 bridgehead atoms. The molecule has 5 nitrogen and oxygen atoms in total. The highest BCUT2D eigenvalue weighted by Crippen LogP contribution is 2.18. The number of rotatable bonds is 6. The Kier molecular flexibility index (Phi) is 4.42. The van der Waals surface area contributed by atoms with Crippen molar-refractivity contribution in [2.75, 3.05) is 13.1 Å². The molecular weight excluding hydrogens is 280 g/mol. The molecule has 1 aromatic heterocycles. The first-order valence-electron chi connectivity index (χ1n) is 7.74. The number of carbonyl (C=O) groups is 2. The molecule has 2 amide bonds. The summed E-state index contributed by atoms with van der Waals surface area (Å²) in [5.41, 5.74) is 0.833. The predicted molar refractivity (Wildman–Crippen MR) is 83.1 cm³/mol. The summed E-state index contributed by atoms with van der Waals surface area (Å²) in [7, 11) is 0. The van der Waals surface area contributed by atoms with Crippen molar-refractivity contribution < 1.29 is 14.0 Å². The van der Waals surface area contributed by atoms with Crippen LogP contribution in [-0.4, -0.2) is 29.8 Å². The Labute approximate surface area is 129 Å². The molecule has 2 aromatic rings. The van der Waals surface area contributed by atoms with Crippen molar-refractivity contribution in [3.63, 3.8) is 0 Å². The largest absolute Gasteiger partial charge is 0.459 e. The van der Waals surface area contributed by atoms with Gasteiger partial charge in [-0.3, -0.25) is 9.59 Å². The van der Waals surface area contributed by atoms with E-state index in [1.54, 1.807) is 0 Å². The Morgan fingerprint density at radius 3 is 2.95 bits per heavy atom. The number of para-hydroxylation sites is 1. The van der Waals surface area contributed by atoms with Crippen molar-refractivity contribution in [2.24, 2.45) is 0 Å². The van der Waals surface area contributed by atoms with E-state index in [1.165, 1.54) is 0 Å². The summed E-state index contributed by atoms with van der Waals surface area (Å²) in [6, 6.07) is 9.72. The molecule has 3 rings (SSSR count). The number of carbonyl (C=O) groups excluding carboxylic acids is 2. The molecule has 2 heterocycles. The number of hydrogen-bond acceptors (Lipinski definition) is 3. The molecule has 1 saturated heterocycles. The van der Waals surface area contributed by atoms with Gasteiger partial charge in [-0.15, -0.1) is 0 Å². The van der Waals surface area contributed by atoms with Crippen LogP contribution in [-0.2, 0) is 16.1 Å². The minimum absolute atomic E-state index is 0.00731. The van der Waals surface area contributed by atoms with Gasteiger partial charge in [0.2, 0.25) is 11.8 Å². The summed E-state index contributed by atoms with van der Waals surface area (Å²) < 4.78 is 5.65. The number of fused-ring (bicyclic) bond motifs is 1. The number of likely N-dealkylation sites (tertiary alicyclic amines) is 1.